The van der Waals surface area contributed by atoms with Crippen LogP contribution >= 0.6 is 22.9 Å². The fourth-order valence-electron chi connectivity index (χ4n) is 3.49. The molecule has 6 nitrogen and oxygen atoms in total. The minimum Gasteiger partial charge on any atom is -0.507 e. The molecule has 1 saturated heterocycles. The summed E-state index contributed by atoms with van der Waals surface area (Å²) in [5.74, 6) is -1.01. The molecule has 160 valence electrons. The molecular formula is C22H25ClN2O4S. The van der Waals surface area contributed by atoms with Gasteiger partial charge in [-0.15, -0.1) is 11.3 Å². The summed E-state index contributed by atoms with van der Waals surface area (Å²) in [5.41, 5.74) is 0.462. The van der Waals surface area contributed by atoms with Crippen LogP contribution < -0.4 is 4.74 Å². The van der Waals surface area contributed by atoms with Crippen LogP contribution in [-0.4, -0.2) is 60.4 Å². The van der Waals surface area contributed by atoms with E-state index >= 15 is 0 Å². The number of carbonyl (C=O) groups excluding carboxylic acids is 2. The number of hydrogen-bond donors (Lipinski definition) is 1. The number of rotatable bonds is 8. The lowest BCUT2D eigenvalue weighted by molar-refractivity contribution is -0.139. The number of nitrogens with zero attached hydrogens (tertiary/aromatic N) is 2. The van der Waals surface area contributed by atoms with Crippen molar-refractivity contribution in [3.8, 4) is 5.75 Å². The van der Waals surface area contributed by atoms with Crippen LogP contribution in [-0.2, 0) is 9.59 Å². The molecule has 1 aromatic carbocycles. The quantitative estimate of drug-likeness (QED) is 0.373. The van der Waals surface area contributed by atoms with Gasteiger partial charge in [0.25, 0.3) is 11.7 Å². The third kappa shape index (κ3) is 4.53. The lowest BCUT2D eigenvalue weighted by Gasteiger charge is -2.24. The van der Waals surface area contributed by atoms with Crippen LogP contribution in [0.25, 0.3) is 5.76 Å². The average Bonchev–Trinajstić information content (AvgIpc) is 3.31. The molecular weight excluding hydrogens is 424 g/mol. The Hall–Kier alpha value is -2.35. The summed E-state index contributed by atoms with van der Waals surface area (Å²) in [7, 11) is 3.92. The van der Waals surface area contributed by atoms with E-state index in [4.69, 9.17) is 16.3 Å². The van der Waals surface area contributed by atoms with Crippen LogP contribution in [0.3, 0.4) is 0 Å². The molecule has 8 heteroatoms. The lowest BCUT2D eigenvalue weighted by Crippen LogP contribution is -2.32. The Bertz CT molecular complexity index is 956. The fourth-order valence-corrected chi connectivity index (χ4v) is 4.57. The third-order valence-corrected chi connectivity index (χ3v) is 6.08. The highest BCUT2D eigenvalue weighted by atomic mass is 35.5. The first kappa shape index (κ1) is 22.3. The molecule has 1 N–H and O–H groups in total. The van der Waals surface area contributed by atoms with Gasteiger partial charge in [-0.1, -0.05) is 17.7 Å². The van der Waals surface area contributed by atoms with Gasteiger partial charge in [0, 0.05) is 17.0 Å². The van der Waals surface area contributed by atoms with Crippen molar-refractivity contribution >= 4 is 40.4 Å². The Morgan fingerprint density at radius 3 is 2.67 bits per heavy atom. The first-order chi connectivity index (χ1) is 14.3. The van der Waals surface area contributed by atoms with E-state index in [1.807, 2.05) is 43.4 Å². The normalized spacial score (nSPS) is 18.4. The number of aliphatic hydroxyl groups excluding tert-OH is 1. The van der Waals surface area contributed by atoms with Crippen LogP contribution in [0.2, 0.25) is 5.02 Å². The van der Waals surface area contributed by atoms with Gasteiger partial charge in [0.1, 0.15) is 11.5 Å². The van der Waals surface area contributed by atoms with Crippen LogP contribution in [0.5, 0.6) is 5.75 Å². The predicted molar refractivity (Wildman–Crippen MR) is 119 cm³/mol. The maximum atomic E-state index is 12.9. The SMILES string of the molecule is CCOc1ccc(/C(O)=C2\C(=O)C(=O)N(CCCN(C)C)[C@H]2c2cccs2)cc1Cl. The second-order valence-corrected chi connectivity index (χ2v) is 8.63. The van der Waals surface area contributed by atoms with Crippen LogP contribution in [0, 0.1) is 0 Å². The van der Waals surface area contributed by atoms with Crippen molar-refractivity contribution in [3.05, 3.63) is 56.7 Å². The zero-order valence-electron chi connectivity index (χ0n) is 17.2. The number of aliphatic hydroxyl groups is 1. The van der Waals surface area contributed by atoms with E-state index in [-0.39, 0.29) is 11.3 Å². The van der Waals surface area contributed by atoms with Crippen molar-refractivity contribution in [3.63, 3.8) is 0 Å². The van der Waals surface area contributed by atoms with Gasteiger partial charge >= 0.3 is 0 Å². The number of ether oxygens (including phenoxy) is 1. The van der Waals surface area contributed by atoms with Crippen LogP contribution in [0.4, 0.5) is 0 Å². The zero-order valence-corrected chi connectivity index (χ0v) is 18.8. The zero-order chi connectivity index (χ0) is 21.8. The van der Waals surface area contributed by atoms with Crippen molar-refractivity contribution in [2.24, 2.45) is 0 Å². The molecule has 2 heterocycles. The van der Waals surface area contributed by atoms with Gasteiger partial charge < -0.3 is 19.6 Å². The predicted octanol–water partition coefficient (Wildman–Crippen LogP) is 4.17. The van der Waals surface area contributed by atoms with Crippen molar-refractivity contribution in [2.45, 2.75) is 19.4 Å². The smallest absolute Gasteiger partial charge is 0.295 e. The minimum atomic E-state index is -0.680. The highest BCUT2D eigenvalue weighted by Gasteiger charge is 2.46. The second-order valence-electron chi connectivity index (χ2n) is 7.24. The number of likely N-dealkylation sites (tertiary alicyclic amines) is 1. The molecule has 1 aliphatic rings. The molecule has 1 amide bonds. The molecule has 1 fully saturated rings. The van der Waals surface area contributed by atoms with E-state index in [1.165, 1.54) is 11.3 Å². The van der Waals surface area contributed by atoms with Crippen molar-refractivity contribution < 1.29 is 19.4 Å². The van der Waals surface area contributed by atoms with Crippen molar-refractivity contribution in [1.29, 1.82) is 0 Å². The Labute approximate surface area is 185 Å². The van der Waals surface area contributed by atoms with E-state index in [0.717, 1.165) is 17.8 Å². The number of hydrogen-bond acceptors (Lipinski definition) is 6. The van der Waals surface area contributed by atoms with Gasteiger partial charge in [-0.25, -0.2) is 0 Å². The lowest BCUT2D eigenvalue weighted by atomic mass is 9.99. The van der Waals surface area contributed by atoms with Gasteiger partial charge in [0.15, 0.2) is 0 Å². The van der Waals surface area contributed by atoms with Crippen LogP contribution in [0.15, 0.2) is 41.3 Å². The van der Waals surface area contributed by atoms with Gasteiger partial charge in [-0.2, -0.15) is 0 Å². The highest BCUT2D eigenvalue weighted by Crippen LogP contribution is 2.41. The standard InChI is InChI=1S/C22H25ClN2O4S/c1-4-29-16-9-8-14(13-15(16)23)20(26)18-19(17-7-5-12-30-17)25(22(28)21(18)27)11-6-10-24(2)3/h5,7-9,12-13,19,26H,4,6,10-11H2,1-3H3/b20-18+/t19-/m0/s1. The number of carbonyl (C=O) groups is 2. The molecule has 0 spiro atoms. The Morgan fingerprint density at radius 2 is 2.07 bits per heavy atom. The molecule has 0 unspecified atom stereocenters. The molecule has 1 atom stereocenters. The summed E-state index contributed by atoms with van der Waals surface area (Å²) in [6.07, 6.45) is 0.719. The summed E-state index contributed by atoms with van der Waals surface area (Å²) in [6, 6.07) is 7.96. The molecule has 1 aromatic heterocycles. The highest BCUT2D eigenvalue weighted by molar-refractivity contribution is 7.10. The van der Waals surface area contributed by atoms with Crippen molar-refractivity contribution in [1.82, 2.24) is 9.80 Å². The Balaban J connectivity index is 2.03. The molecule has 1 aliphatic heterocycles. The summed E-state index contributed by atoms with van der Waals surface area (Å²) >= 11 is 7.71. The third-order valence-electron chi connectivity index (χ3n) is 4.86. The largest absolute Gasteiger partial charge is 0.507 e. The fraction of sp³-hybridized carbons (Fsp3) is 0.364. The molecule has 0 aliphatic carbocycles. The molecule has 30 heavy (non-hydrogen) atoms. The first-order valence-electron chi connectivity index (χ1n) is 9.74. The van der Waals surface area contributed by atoms with Crippen molar-refractivity contribution in [2.75, 3.05) is 33.8 Å². The first-order valence-corrected chi connectivity index (χ1v) is 11.0. The number of amides is 1. The maximum absolute atomic E-state index is 12.9. The number of halogens is 1. The monoisotopic (exact) mass is 448 g/mol. The molecule has 3 rings (SSSR count). The van der Waals surface area contributed by atoms with Gasteiger partial charge in [-0.05, 0) is 63.6 Å². The number of benzene rings is 1. The number of thiophene rings is 1. The van der Waals surface area contributed by atoms with Gasteiger partial charge in [0.2, 0.25) is 0 Å². The summed E-state index contributed by atoms with van der Waals surface area (Å²) < 4.78 is 5.43. The van der Waals surface area contributed by atoms with Crippen LogP contribution in [0.1, 0.15) is 29.8 Å². The molecule has 0 saturated carbocycles. The second kappa shape index (κ2) is 9.64. The Kier molecular flexibility index (Phi) is 7.18. The van der Waals surface area contributed by atoms with Gasteiger partial charge in [0.05, 0.1) is 23.2 Å². The molecule has 2 aromatic rings. The van der Waals surface area contributed by atoms with E-state index in [1.54, 1.807) is 23.1 Å². The molecule has 0 radical (unpaired) electrons. The van der Waals surface area contributed by atoms with E-state index in [0.29, 0.717) is 29.5 Å². The van der Waals surface area contributed by atoms with E-state index in [2.05, 4.69) is 0 Å². The van der Waals surface area contributed by atoms with E-state index in [9.17, 15) is 14.7 Å². The topological polar surface area (TPSA) is 70.1 Å². The van der Waals surface area contributed by atoms with E-state index < -0.39 is 17.7 Å². The Morgan fingerprint density at radius 1 is 1.30 bits per heavy atom. The summed E-state index contributed by atoms with van der Waals surface area (Å²) in [6.45, 7) is 3.52. The number of ketones is 1. The number of Topliss-reactive ketones (excluding diaryl/α,β-unsaturated/α-hetero) is 1. The summed E-state index contributed by atoms with van der Waals surface area (Å²) in [5, 5.41) is 13.3. The van der Waals surface area contributed by atoms with Gasteiger partial charge in [-0.3, -0.25) is 9.59 Å². The minimum absolute atomic E-state index is 0.0903. The maximum Gasteiger partial charge on any atom is 0.295 e. The average molecular weight is 449 g/mol. The summed E-state index contributed by atoms with van der Waals surface area (Å²) in [4.78, 5) is 30.1. The molecule has 0 bridgehead atoms.